The summed E-state index contributed by atoms with van der Waals surface area (Å²) in [7, 11) is 0. The molecule has 1 spiro atoms. The summed E-state index contributed by atoms with van der Waals surface area (Å²) >= 11 is 0. The quantitative estimate of drug-likeness (QED) is 0.842. The maximum absolute atomic E-state index is 13.0. The van der Waals surface area contributed by atoms with Gasteiger partial charge in [-0.25, -0.2) is 0 Å². The zero-order valence-electron chi connectivity index (χ0n) is 16.1. The van der Waals surface area contributed by atoms with E-state index in [0.29, 0.717) is 39.1 Å². The third kappa shape index (κ3) is 3.76. The lowest BCUT2D eigenvalue weighted by Crippen LogP contribution is -2.53. The van der Waals surface area contributed by atoms with Crippen molar-refractivity contribution in [1.82, 2.24) is 4.90 Å². The van der Waals surface area contributed by atoms with E-state index in [1.165, 1.54) is 0 Å². The number of piperidine rings is 1. The summed E-state index contributed by atoms with van der Waals surface area (Å²) in [6.07, 6.45) is 1.29. The molecule has 142 valence electrons. The second kappa shape index (κ2) is 7.00. The van der Waals surface area contributed by atoms with E-state index in [4.69, 9.17) is 9.47 Å². The van der Waals surface area contributed by atoms with Crippen LogP contribution in [0.3, 0.4) is 0 Å². The number of aryl methyl sites for hydroxylation is 2. The minimum Gasteiger partial charge on any atom is -0.347 e. The predicted octanol–water partition coefficient (Wildman–Crippen LogP) is 2.63. The van der Waals surface area contributed by atoms with Crippen LogP contribution in [0.1, 0.15) is 37.8 Å². The SMILES string of the molecule is Cc1cc(C)cc(NC(=O)C(C)(C)C(=O)N2CCC3(CC2)OCCO3)c1. The van der Waals surface area contributed by atoms with Crippen molar-refractivity contribution in [2.24, 2.45) is 5.41 Å². The molecule has 6 nitrogen and oxygen atoms in total. The smallest absolute Gasteiger partial charge is 0.239 e. The van der Waals surface area contributed by atoms with E-state index in [-0.39, 0.29) is 11.8 Å². The second-order valence-electron chi connectivity index (χ2n) is 7.86. The van der Waals surface area contributed by atoms with E-state index in [9.17, 15) is 9.59 Å². The largest absolute Gasteiger partial charge is 0.347 e. The highest BCUT2D eigenvalue weighted by atomic mass is 16.7. The highest BCUT2D eigenvalue weighted by Gasteiger charge is 2.45. The molecule has 2 saturated heterocycles. The summed E-state index contributed by atoms with van der Waals surface area (Å²) in [5.41, 5.74) is 1.72. The van der Waals surface area contributed by atoms with Crippen LogP contribution >= 0.6 is 0 Å². The Morgan fingerprint density at radius 3 is 2.12 bits per heavy atom. The zero-order valence-corrected chi connectivity index (χ0v) is 16.1. The number of benzene rings is 1. The first-order valence-corrected chi connectivity index (χ1v) is 9.19. The monoisotopic (exact) mass is 360 g/mol. The van der Waals surface area contributed by atoms with Gasteiger partial charge >= 0.3 is 0 Å². The molecule has 26 heavy (non-hydrogen) atoms. The van der Waals surface area contributed by atoms with Gasteiger partial charge in [0.25, 0.3) is 0 Å². The number of rotatable bonds is 3. The number of nitrogens with one attached hydrogen (secondary N) is 1. The summed E-state index contributed by atoms with van der Waals surface area (Å²) in [5, 5.41) is 2.90. The van der Waals surface area contributed by atoms with Gasteiger partial charge in [0.05, 0.1) is 13.2 Å². The number of carbonyl (C=O) groups excluding carboxylic acids is 2. The Labute approximate surface area is 154 Å². The van der Waals surface area contributed by atoms with E-state index in [0.717, 1.165) is 16.8 Å². The molecule has 0 unspecified atom stereocenters. The van der Waals surface area contributed by atoms with Crippen molar-refractivity contribution < 1.29 is 19.1 Å². The molecule has 2 amide bonds. The van der Waals surface area contributed by atoms with Gasteiger partial charge in [-0.3, -0.25) is 9.59 Å². The van der Waals surface area contributed by atoms with Crippen LogP contribution in [-0.2, 0) is 19.1 Å². The fourth-order valence-electron chi connectivity index (χ4n) is 3.66. The van der Waals surface area contributed by atoms with Crippen molar-refractivity contribution >= 4 is 17.5 Å². The van der Waals surface area contributed by atoms with E-state index in [2.05, 4.69) is 5.32 Å². The predicted molar refractivity (Wildman–Crippen MR) is 98.8 cm³/mol. The molecule has 2 heterocycles. The van der Waals surface area contributed by atoms with Gasteiger partial charge in [0.1, 0.15) is 5.41 Å². The number of ether oxygens (including phenoxy) is 2. The lowest BCUT2D eigenvalue weighted by molar-refractivity contribution is -0.189. The summed E-state index contributed by atoms with van der Waals surface area (Å²) in [6.45, 7) is 9.62. The first-order valence-electron chi connectivity index (χ1n) is 9.19. The maximum atomic E-state index is 13.0. The number of hydrogen-bond donors (Lipinski definition) is 1. The fourth-order valence-corrected chi connectivity index (χ4v) is 3.66. The Balaban J connectivity index is 1.64. The third-order valence-electron chi connectivity index (χ3n) is 5.21. The minimum atomic E-state index is -1.14. The van der Waals surface area contributed by atoms with Crippen molar-refractivity contribution in [3.63, 3.8) is 0 Å². The standard InChI is InChI=1S/C20H28N2O4/c1-14-11-15(2)13-16(12-14)21-17(23)19(3,4)18(24)22-7-5-20(6-8-22)25-9-10-26-20/h11-13H,5-10H2,1-4H3,(H,21,23). The van der Waals surface area contributed by atoms with Gasteiger partial charge < -0.3 is 19.7 Å². The molecule has 0 radical (unpaired) electrons. The molecule has 2 aliphatic heterocycles. The summed E-state index contributed by atoms with van der Waals surface area (Å²) in [6, 6.07) is 5.86. The Morgan fingerprint density at radius 1 is 1.04 bits per heavy atom. The van der Waals surface area contributed by atoms with Crippen molar-refractivity contribution in [1.29, 1.82) is 0 Å². The number of hydrogen-bond acceptors (Lipinski definition) is 4. The van der Waals surface area contributed by atoms with Gasteiger partial charge in [0.15, 0.2) is 5.79 Å². The van der Waals surface area contributed by atoms with E-state index in [1.54, 1.807) is 18.7 Å². The molecule has 1 aromatic rings. The van der Waals surface area contributed by atoms with E-state index < -0.39 is 11.2 Å². The average Bonchev–Trinajstić information content (AvgIpc) is 3.02. The molecule has 0 saturated carbocycles. The highest BCUT2D eigenvalue weighted by molar-refractivity contribution is 6.09. The van der Waals surface area contributed by atoms with Gasteiger partial charge in [-0.1, -0.05) is 6.07 Å². The van der Waals surface area contributed by atoms with Gasteiger partial charge in [-0.15, -0.1) is 0 Å². The van der Waals surface area contributed by atoms with Crippen molar-refractivity contribution in [2.45, 2.75) is 46.3 Å². The molecular weight excluding hydrogens is 332 g/mol. The van der Waals surface area contributed by atoms with Gasteiger partial charge in [0, 0.05) is 31.6 Å². The molecule has 0 aromatic heterocycles. The van der Waals surface area contributed by atoms with Gasteiger partial charge in [0.2, 0.25) is 11.8 Å². The summed E-state index contributed by atoms with van der Waals surface area (Å²) < 4.78 is 11.4. The maximum Gasteiger partial charge on any atom is 0.239 e. The number of likely N-dealkylation sites (tertiary alicyclic amines) is 1. The van der Waals surface area contributed by atoms with Crippen LogP contribution in [0.25, 0.3) is 0 Å². The molecule has 2 fully saturated rings. The Hall–Kier alpha value is -1.92. The Morgan fingerprint density at radius 2 is 1.58 bits per heavy atom. The fraction of sp³-hybridized carbons (Fsp3) is 0.600. The van der Waals surface area contributed by atoms with Crippen molar-refractivity contribution in [3.8, 4) is 0 Å². The van der Waals surface area contributed by atoms with Gasteiger partial charge in [-0.05, 0) is 51.0 Å². The first kappa shape index (κ1) is 18.9. The summed E-state index contributed by atoms with van der Waals surface area (Å²) in [4.78, 5) is 27.5. The Bertz CT molecular complexity index is 678. The van der Waals surface area contributed by atoms with Crippen LogP contribution in [0.5, 0.6) is 0 Å². The normalized spacial score (nSPS) is 19.6. The second-order valence-corrected chi connectivity index (χ2v) is 7.86. The topological polar surface area (TPSA) is 67.9 Å². The zero-order chi connectivity index (χ0) is 18.9. The van der Waals surface area contributed by atoms with Crippen LogP contribution in [0.4, 0.5) is 5.69 Å². The molecule has 1 aromatic carbocycles. The molecule has 2 aliphatic rings. The van der Waals surface area contributed by atoms with Crippen molar-refractivity contribution in [2.75, 3.05) is 31.6 Å². The van der Waals surface area contributed by atoms with Crippen LogP contribution in [0, 0.1) is 19.3 Å². The lowest BCUT2D eigenvalue weighted by atomic mass is 9.88. The van der Waals surface area contributed by atoms with Crippen LogP contribution in [-0.4, -0.2) is 48.8 Å². The molecule has 6 heteroatoms. The Kier molecular flexibility index (Phi) is 5.08. The number of anilines is 1. The molecule has 0 bridgehead atoms. The van der Waals surface area contributed by atoms with E-state index >= 15 is 0 Å². The number of carbonyl (C=O) groups is 2. The number of nitrogens with zero attached hydrogens (tertiary/aromatic N) is 1. The van der Waals surface area contributed by atoms with Crippen LogP contribution < -0.4 is 5.32 Å². The molecular formula is C20H28N2O4. The third-order valence-corrected chi connectivity index (χ3v) is 5.21. The van der Waals surface area contributed by atoms with Gasteiger partial charge in [-0.2, -0.15) is 0 Å². The molecule has 0 aliphatic carbocycles. The summed E-state index contributed by atoms with van der Waals surface area (Å²) in [5.74, 6) is -0.976. The van der Waals surface area contributed by atoms with Crippen LogP contribution in [0.15, 0.2) is 18.2 Å². The molecule has 1 N–H and O–H groups in total. The minimum absolute atomic E-state index is 0.160. The van der Waals surface area contributed by atoms with Crippen molar-refractivity contribution in [3.05, 3.63) is 29.3 Å². The molecule has 0 atom stereocenters. The first-order chi connectivity index (χ1) is 12.2. The average molecular weight is 360 g/mol. The lowest BCUT2D eigenvalue weighted by Gasteiger charge is -2.40. The highest BCUT2D eigenvalue weighted by Crippen LogP contribution is 2.33. The molecule has 3 rings (SSSR count). The number of amides is 2. The van der Waals surface area contributed by atoms with E-state index in [1.807, 2.05) is 32.0 Å². The van der Waals surface area contributed by atoms with Crippen LogP contribution in [0.2, 0.25) is 0 Å².